The molecule has 214 valence electrons. The molecule has 7 atom stereocenters. The highest BCUT2D eigenvalue weighted by Gasteiger charge is 2.57. The molecule has 3 aliphatic rings. The Morgan fingerprint density at radius 2 is 2.12 bits per heavy atom. The number of aromatic nitrogens is 4. The number of ether oxygens (including phenoxy) is 1. The monoisotopic (exact) mass is 572 g/mol. The average Bonchev–Trinajstić information content (AvgIpc) is 3.70. The molecule has 0 bridgehead atoms. The van der Waals surface area contributed by atoms with Crippen LogP contribution in [-0.2, 0) is 24.2 Å². The summed E-state index contributed by atoms with van der Waals surface area (Å²) in [6.07, 6.45) is -0.271. The molecule has 1 unspecified atom stereocenters. The molecule has 5 heterocycles. The molecule has 0 radical (unpaired) electrons. The molecule has 3 aromatic rings. The van der Waals surface area contributed by atoms with Crippen LogP contribution in [0.1, 0.15) is 58.7 Å². The lowest BCUT2D eigenvalue weighted by atomic mass is 9.87. The van der Waals surface area contributed by atoms with E-state index in [1.54, 1.807) is 13.8 Å². The molecule has 1 amide bonds. The third-order valence-corrected chi connectivity index (χ3v) is 9.90. The van der Waals surface area contributed by atoms with Crippen LogP contribution in [0.2, 0.25) is 0 Å². The molecule has 0 aliphatic carbocycles. The van der Waals surface area contributed by atoms with Gasteiger partial charge in [-0.2, -0.15) is 4.98 Å². The summed E-state index contributed by atoms with van der Waals surface area (Å²) in [5.74, 6) is -0.661. The average molecular weight is 573 g/mol. The number of halogens is 1. The number of carbonyl (C=O) groups excluding carboxylic acids is 1. The fraction of sp³-hybridized carbons (Fsp3) is 0.556. The van der Waals surface area contributed by atoms with E-state index in [-0.39, 0.29) is 35.0 Å². The molecular formula is C27H34FN6O5P. The Morgan fingerprint density at radius 1 is 1.35 bits per heavy atom. The topological polar surface area (TPSA) is 124 Å². The van der Waals surface area contributed by atoms with E-state index >= 15 is 4.39 Å². The van der Waals surface area contributed by atoms with Crippen LogP contribution in [0.5, 0.6) is 0 Å². The van der Waals surface area contributed by atoms with Crippen LogP contribution in [-0.4, -0.2) is 61.1 Å². The molecule has 3 fully saturated rings. The van der Waals surface area contributed by atoms with Crippen molar-refractivity contribution in [1.29, 1.82) is 0 Å². The second-order valence-corrected chi connectivity index (χ2v) is 12.4. The number of rotatable bonds is 7. The number of nitrogens with one attached hydrogen (secondary N) is 2. The van der Waals surface area contributed by atoms with E-state index in [2.05, 4.69) is 44.0 Å². The summed E-state index contributed by atoms with van der Waals surface area (Å²) in [6.45, 7) is 8.28. The Balaban J connectivity index is 1.27. The number of imidazole rings is 1. The van der Waals surface area contributed by atoms with Gasteiger partial charge in [0.05, 0.1) is 18.5 Å². The third-order valence-electron chi connectivity index (χ3n) is 8.04. The van der Waals surface area contributed by atoms with Gasteiger partial charge in [-0.1, -0.05) is 51.1 Å². The van der Waals surface area contributed by atoms with E-state index in [9.17, 15) is 9.59 Å². The highest BCUT2D eigenvalue weighted by molar-refractivity contribution is 7.45. The van der Waals surface area contributed by atoms with Crippen molar-refractivity contribution < 1.29 is 23.0 Å². The van der Waals surface area contributed by atoms with Crippen molar-refractivity contribution in [1.82, 2.24) is 24.2 Å². The van der Waals surface area contributed by atoms with Gasteiger partial charge in [-0.05, 0) is 31.7 Å². The maximum Gasteiger partial charge on any atom is 0.280 e. The van der Waals surface area contributed by atoms with Gasteiger partial charge in [0.2, 0.25) is 11.9 Å². The van der Waals surface area contributed by atoms with Gasteiger partial charge in [-0.3, -0.25) is 24.5 Å². The Bertz CT molecular complexity index is 1450. The number of anilines is 1. The lowest BCUT2D eigenvalue weighted by molar-refractivity contribution is -0.118. The normalized spacial score (nSPS) is 32.2. The number of hydrogen-bond acceptors (Lipinski definition) is 8. The number of benzene rings is 1. The summed E-state index contributed by atoms with van der Waals surface area (Å²) in [6, 6.07) is 10.2. The molecule has 0 saturated carbocycles. The molecule has 11 nitrogen and oxygen atoms in total. The van der Waals surface area contributed by atoms with Crippen LogP contribution < -0.4 is 10.9 Å². The standard InChI is InChI=1S/C27H34FN6O5P/c1-5-17-21(38-40-34-13-9-12-18(34)27(4,39-40)16-10-7-6-8-11-16)19(28)25(37-17)33-14-29-20-22(33)30-26(32-24(20)36)31-23(35)15(2)3/h6-8,10-11,14-15,17-19,21,25H,5,9,12-13H2,1-4H3,(H2,30,31,32,35,36)/t17-,18-,19+,21?,25-,27+,40-/m1/s1. The number of H-pyrrole nitrogens is 1. The van der Waals surface area contributed by atoms with E-state index in [1.807, 2.05) is 25.1 Å². The quantitative estimate of drug-likeness (QED) is 0.400. The molecule has 3 aliphatic heterocycles. The van der Waals surface area contributed by atoms with Crippen LogP contribution in [0.25, 0.3) is 11.2 Å². The summed E-state index contributed by atoms with van der Waals surface area (Å²) < 4.78 is 39.2. The maximum atomic E-state index is 16.3. The smallest absolute Gasteiger partial charge is 0.280 e. The van der Waals surface area contributed by atoms with Crippen LogP contribution >= 0.6 is 8.53 Å². The van der Waals surface area contributed by atoms with Crippen LogP contribution in [0.3, 0.4) is 0 Å². The minimum absolute atomic E-state index is 0.0257. The first-order chi connectivity index (χ1) is 19.2. The van der Waals surface area contributed by atoms with Crippen molar-refractivity contribution in [3.05, 3.63) is 52.6 Å². The number of aromatic amines is 1. The summed E-state index contributed by atoms with van der Waals surface area (Å²) in [5.41, 5.74) is 0.117. The number of fused-ring (bicyclic) bond motifs is 2. The lowest BCUT2D eigenvalue weighted by Crippen LogP contribution is -2.36. The van der Waals surface area contributed by atoms with Gasteiger partial charge in [-0.25, -0.2) is 14.0 Å². The highest BCUT2D eigenvalue weighted by atomic mass is 31.2. The van der Waals surface area contributed by atoms with Crippen molar-refractivity contribution >= 4 is 31.5 Å². The SMILES string of the molecule is CC[C@H]1O[C@@H](n2cnc3c(=O)[nH]c(NC(=O)C(C)C)nc32)[C@@H](F)C1O[P@]1O[C@@](C)(c2ccccc2)[C@H]2CCCN21. The van der Waals surface area contributed by atoms with Crippen LogP contribution in [0.15, 0.2) is 41.5 Å². The predicted molar refractivity (Wildman–Crippen MR) is 147 cm³/mol. The van der Waals surface area contributed by atoms with E-state index in [4.69, 9.17) is 13.8 Å². The summed E-state index contributed by atoms with van der Waals surface area (Å²) >= 11 is 0. The van der Waals surface area contributed by atoms with Gasteiger partial charge < -0.3 is 13.8 Å². The van der Waals surface area contributed by atoms with Crippen molar-refractivity contribution in [2.24, 2.45) is 5.92 Å². The Morgan fingerprint density at radius 3 is 2.85 bits per heavy atom. The summed E-state index contributed by atoms with van der Waals surface area (Å²) in [4.78, 5) is 35.9. The summed E-state index contributed by atoms with van der Waals surface area (Å²) in [5, 5.41) is 2.59. The van der Waals surface area contributed by atoms with E-state index in [1.165, 1.54) is 10.9 Å². The predicted octanol–water partition coefficient (Wildman–Crippen LogP) is 4.38. The molecule has 6 rings (SSSR count). The molecule has 0 spiro atoms. The largest absolute Gasteiger partial charge is 0.349 e. The molecule has 2 aromatic heterocycles. The first kappa shape index (κ1) is 27.4. The lowest BCUT2D eigenvalue weighted by Gasteiger charge is -2.29. The number of carbonyl (C=O) groups is 1. The number of hydrogen-bond donors (Lipinski definition) is 2. The van der Waals surface area contributed by atoms with Gasteiger partial charge >= 0.3 is 0 Å². The van der Waals surface area contributed by atoms with Crippen molar-refractivity contribution in [2.45, 2.75) is 83.2 Å². The van der Waals surface area contributed by atoms with E-state index < -0.39 is 44.3 Å². The first-order valence-corrected chi connectivity index (χ1v) is 14.9. The van der Waals surface area contributed by atoms with Gasteiger partial charge in [0.25, 0.3) is 14.1 Å². The number of nitrogens with zero attached hydrogens (tertiary/aromatic N) is 4. The Hall–Kier alpha value is -2.76. The fourth-order valence-electron chi connectivity index (χ4n) is 5.79. The van der Waals surface area contributed by atoms with Crippen LogP contribution in [0, 0.1) is 5.92 Å². The van der Waals surface area contributed by atoms with Crippen molar-refractivity contribution in [3.63, 3.8) is 0 Å². The fourth-order valence-corrected chi connectivity index (χ4v) is 7.94. The van der Waals surface area contributed by atoms with Crippen molar-refractivity contribution in [2.75, 3.05) is 11.9 Å². The minimum Gasteiger partial charge on any atom is -0.349 e. The molecule has 2 N–H and O–H groups in total. The van der Waals surface area contributed by atoms with E-state index in [0.29, 0.717) is 6.42 Å². The van der Waals surface area contributed by atoms with Gasteiger partial charge in [-0.15, -0.1) is 0 Å². The van der Waals surface area contributed by atoms with Gasteiger partial charge in [0.15, 0.2) is 23.6 Å². The van der Waals surface area contributed by atoms with Gasteiger partial charge in [0.1, 0.15) is 11.7 Å². The first-order valence-electron chi connectivity index (χ1n) is 13.8. The van der Waals surface area contributed by atoms with E-state index in [0.717, 1.165) is 24.9 Å². The second kappa shape index (κ2) is 10.6. The molecule has 3 saturated heterocycles. The molecule has 40 heavy (non-hydrogen) atoms. The summed E-state index contributed by atoms with van der Waals surface area (Å²) in [7, 11) is -1.53. The third kappa shape index (κ3) is 4.55. The maximum absolute atomic E-state index is 16.3. The van der Waals surface area contributed by atoms with Gasteiger partial charge in [0, 0.05) is 12.5 Å². The highest BCUT2D eigenvalue weighted by Crippen LogP contribution is 2.64. The van der Waals surface area contributed by atoms with Crippen molar-refractivity contribution in [3.8, 4) is 0 Å². The second-order valence-electron chi connectivity index (χ2n) is 11.0. The molecular weight excluding hydrogens is 538 g/mol. The van der Waals surface area contributed by atoms with Crippen LogP contribution in [0.4, 0.5) is 10.3 Å². The molecule has 13 heteroatoms. The zero-order chi connectivity index (χ0) is 28.2. The minimum atomic E-state index is -1.58. The Kier molecular flexibility index (Phi) is 7.25. The molecule has 1 aromatic carbocycles. The number of alkyl halides is 1. The Labute approximate surface area is 232 Å². The zero-order valence-corrected chi connectivity index (χ0v) is 23.8. The zero-order valence-electron chi connectivity index (χ0n) is 22.9. The number of amides is 1.